The van der Waals surface area contributed by atoms with Crippen LogP contribution in [0.25, 0.3) is 0 Å². The second-order valence-electron chi connectivity index (χ2n) is 6.74. The largest absolute Gasteiger partial charge is 0.465 e. The zero-order valence-electron chi connectivity index (χ0n) is 15.8. The quantitative estimate of drug-likeness (QED) is 0.567. The number of methoxy groups -OCH3 is 1. The summed E-state index contributed by atoms with van der Waals surface area (Å²) in [6.45, 7) is 8.65. The first-order valence-electron chi connectivity index (χ1n) is 8.79. The van der Waals surface area contributed by atoms with Gasteiger partial charge in [-0.05, 0) is 51.4 Å². The molecule has 1 saturated heterocycles. The van der Waals surface area contributed by atoms with Crippen LogP contribution in [-0.2, 0) is 19.5 Å². The number of aryl methyl sites for hydroxylation is 1. The second-order valence-corrected chi connectivity index (χ2v) is 8.48. The highest BCUT2D eigenvalue weighted by atomic mass is 32.2. The summed E-state index contributed by atoms with van der Waals surface area (Å²) in [6.07, 6.45) is 1.09. The lowest BCUT2D eigenvalue weighted by atomic mass is 10.1. The molecule has 0 saturated carbocycles. The van der Waals surface area contributed by atoms with Crippen molar-refractivity contribution in [2.24, 2.45) is 0 Å². The number of hydrogen-bond acceptors (Lipinski definition) is 6. The van der Waals surface area contributed by atoms with Crippen LogP contribution in [0.3, 0.4) is 0 Å². The van der Waals surface area contributed by atoms with E-state index in [2.05, 4.69) is 14.4 Å². The Bertz CT molecular complexity index is 725. The molecule has 1 fully saturated rings. The Morgan fingerprint density at radius 1 is 1.31 bits per heavy atom. The van der Waals surface area contributed by atoms with Crippen LogP contribution in [0, 0.1) is 6.92 Å². The first-order valence-corrected chi connectivity index (χ1v) is 10.3. The van der Waals surface area contributed by atoms with Gasteiger partial charge >= 0.3 is 5.97 Å². The van der Waals surface area contributed by atoms with Crippen LogP contribution in [0.4, 0.5) is 0 Å². The Balaban J connectivity index is 1.93. The Morgan fingerprint density at radius 2 is 1.96 bits per heavy atom. The lowest BCUT2D eigenvalue weighted by Gasteiger charge is -2.35. The highest BCUT2D eigenvalue weighted by molar-refractivity contribution is 7.89. The van der Waals surface area contributed by atoms with E-state index in [1.807, 2.05) is 13.8 Å². The van der Waals surface area contributed by atoms with Crippen LogP contribution in [0.2, 0.25) is 0 Å². The molecule has 1 heterocycles. The summed E-state index contributed by atoms with van der Waals surface area (Å²) in [6, 6.07) is 4.52. The van der Waals surface area contributed by atoms with Gasteiger partial charge in [-0.3, -0.25) is 4.90 Å². The maximum Gasteiger partial charge on any atom is 0.337 e. The van der Waals surface area contributed by atoms with Gasteiger partial charge in [0.25, 0.3) is 0 Å². The number of carbonyl (C=O) groups is 1. The molecular formula is C18H28N2O5S. The van der Waals surface area contributed by atoms with Gasteiger partial charge in [-0.25, -0.2) is 17.9 Å². The number of benzene rings is 1. The lowest BCUT2D eigenvalue weighted by molar-refractivity contribution is -0.0679. The topological polar surface area (TPSA) is 84.9 Å². The fraction of sp³-hybridized carbons (Fsp3) is 0.611. The third kappa shape index (κ3) is 5.51. The third-order valence-electron chi connectivity index (χ3n) is 4.34. The third-order valence-corrected chi connectivity index (χ3v) is 5.94. The van der Waals surface area contributed by atoms with Crippen molar-refractivity contribution in [3.8, 4) is 0 Å². The highest BCUT2D eigenvalue weighted by Crippen LogP contribution is 2.18. The van der Waals surface area contributed by atoms with Crippen LogP contribution in [0.1, 0.15) is 36.2 Å². The number of carbonyl (C=O) groups excluding carboxylic acids is 1. The molecule has 1 aromatic rings. The van der Waals surface area contributed by atoms with Crippen molar-refractivity contribution in [2.75, 3.05) is 33.3 Å². The van der Waals surface area contributed by atoms with E-state index in [4.69, 9.17) is 4.74 Å². The standard InChI is InChI=1S/C18H28N2O5S/c1-13-6-7-16(18(21)24-4)10-17(13)26(22,23)19-8-5-9-20-11-14(2)25-15(3)12-20/h6-7,10,14-15,19H,5,8-9,11-12H2,1-4H3. The molecule has 26 heavy (non-hydrogen) atoms. The highest BCUT2D eigenvalue weighted by Gasteiger charge is 2.22. The molecular weight excluding hydrogens is 356 g/mol. The predicted octanol–water partition coefficient (Wildman–Crippen LogP) is 1.56. The molecule has 146 valence electrons. The van der Waals surface area contributed by atoms with E-state index in [1.54, 1.807) is 19.1 Å². The predicted molar refractivity (Wildman–Crippen MR) is 98.8 cm³/mol. The van der Waals surface area contributed by atoms with Gasteiger partial charge in [0.15, 0.2) is 0 Å². The number of sulfonamides is 1. The van der Waals surface area contributed by atoms with E-state index in [9.17, 15) is 13.2 Å². The summed E-state index contributed by atoms with van der Waals surface area (Å²) >= 11 is 0. The molecule has 1 N–H and O–H groups in total. The fourth-order valence-electron chi connectivity index (χ4n) is 3.19. The van der Waals surface area contributed by atoms with Gasteiger partial charge in [-0.15, -0.1) is 0 Å². The van der Waals surface area contributed by atoms with Crippen LogP contribution >= 0.6 is 0 Å². The van der Waals surface area contributed by atoms with E-state index >= 15 is 0 Å². The lowest BCUT2D eigenvalue weighted by Crippen LogP contribution is -2.46. The molecule has 0 amide bonds. The molecule has 2 atom stereocenters. The van der Waals surface area contributed by atoms with E-state index in [0.717, 1.165) is 19.6 Å². The smallest absolute Gasteiger partial charge is 0.337 e. The van der Waals surface area contributed by atoms with E-state index in [0.29, 0.717) is 18.5 Å². The average molecular weight is 384 g/mol. The maximum atomic E-state index is 12.6. The summed E-state index contributed by atoms with van der Waals surface area (Å²) in [5.41, 5.74) is 0.802. The summed E-state index contributed by atoms with van der Waals surface area (Å²) in [5, 5.41) is 0. The van der Waals surface area contributed by atoms with Crippen molar-refractivity contribution in [3.63, 3.8) is 0 Å². The molecule has 1 aliphatic rings. The van der Waals surface area contributed by atoms with Gasteiger partial charge in [0, 0.05) is 19.6 Å². The molecule has 8 heteroatoms. The van der Waals surface area contributed by atoms with E-state index in [1.165, 1.54) is 13.2 Å². The van der Waals surface area contributed by atoms with Crippen LogP contribution < -0.4 is 4.72 Å². The van der Waals surface area contributed by atoms with Crippen LogP contribution in [-0.4, -0.2) is 64.8 Å². The molecule has 0 radical (unpaired) electrons. The van der Waals surface area contributed by atoms with Gasteiger partial charge in [0.1, 0.15) is 0 Å². The fourth-order valence-corrected chi connectivity index (χ4v) is 4.53. The molecule has 1 aromatic carbocycles. The minimum atomic E-state index is -3.68. The first-order chi connectivity index (χ1) is 12.2. The molecule has 2 rings (SSSR count). The second kappa shape index (κ2) is 8.94. The summed E-state index contributed by atoms with van der Waals surface area (Å²) in [4.78, 5) is 14.0. The van der Waals surface area contributed by atoms with Crippen LogP contribution in [0.15, 0.2) is 23.1 Å². The Morgan fingerprint density at radius 3 is 2.58 bits per heavy atom. The Kier molecular flexibility index (Phi) is 7.16. The van der Waals surface area contributed by atoms with Crippen molar-refractivity contribution in [2.45, 2.75) is 44.3 Å². The molecule has 0 aromatic heterocycles. The van der Waals surface area contributed by atoms with Gasteiger partial charge < -0.3 is 9.47 Å². The van der Waals surface area contributed by atoms with Gasteiger partial charge in [-0.1, -0.05) is 6.07 Å². The van der Waals surface area contributed by atoms with E-state index in [-0.39, 0.29) is 22.7 Å². The monoisotopic (exact) mass is 384 g/mol. The van der Waals surface area contributed by atoms with Gasteiger partial charge in [-0.2, -0.15) is 0 Å². The minimum Gasteiger partial charge on any atom is -0.465 e. The molecule has 1 aliphatic heterocycles. The van der Waals surface area contributed by atoms with Crippen molar-refractivity contribution in [1.82, 2.24) is 9.62 Å². The van der Waals surface area contributed by atoms with Crippen molar-refractivity contribution < 1.29 is 22.7 Å². The maximum absolute atomic E-state index is 12.6. The SMILES string of the molecule is COC(=O)c1ccc(C)c(S(=O)(=O)NCCCN2CC(C)OC(C)C2)c1. The summed E-state index contributed by atoms with van der Waals surface area (Å²) in [5.74, 6) is -0.558. The number of morpholine rings is 1. The van der Waals surface area contributed by atoms with Crippen molar-refractivity contribution >= 4 is 16.0 Å². The minimum absolute atomic E-state index is 0.106. The van der Waals surface area contributed by atoms with E-state index < -0.39 is 16.0 Å². The van der Waals surface area contributed by atoms with Crippen molar-refractivity contribution in [1.29, 1.82) is 0 Å². The molecule has 2 unspecified atom stereocenters. The number of ether oxygens (including phenoxy) is 2. The summed E-state index contributed by atoms with van der Waals surface area (Å²) in [7, 11) is -2.41. The Hall–Kier alpha value is -1.48. The van der Waals surface area contributed by atoms with Gasteiger partial charge in [0.2, 0.25) is 10.0 Å². The number of hydrogen-bond donors (Lipinski definition) is 1. The molecule has 0 spiro atoms. The molecule has 0 aliphatic carbocycles. The molecule has 7 nitrogen and oxygen atoms in total. The Labute approximate surface area is 155 Å². The van der Waals surface area contributed by atoms with Crippen molar-refractivity contribution in [3.05, 3.63) is 29.3 Å². The van der Waals surface area contributed by atoms with Gasteiger partial charge in [0.05, 0.1) is 29.8 Å². The zero-order chi connectivity index (χ0) is 19.3. The normalized spacial score (nSPS) is 21.5. The number of nitrogens with one attached hydrogen (secondary N) is 1. The number of nitrogens with zero attached hydrogens (tertiary/aromatic N) is 1. The number of rotatable bonds is 7. The van der Waals surface area contributed by atoms with Crippen LogP contribution in [0.5, 0.6) is 0 Å². The first kappa shape index (κ1) is 20.8. The average Bonchev–Trinajstić information content (AvgIpc) is 2.57. The number of esters is 1. The zero-order valence-corrected chi connectivity index (χ0v) is 16.6. The molecule has 0 bridgehead atoms. The summed E-state index contributed by atoms with van der Waals surface area (Å²) < 4.78 is 38.1.